The summed E-state index contributed by atoms with van der Waals surface area (Å²) in [6.45, 7) is 10.0. The van der Waals surface area contributed by atoms with Crippen LogP contribution in [0.25, 0.3) is 6.08 Å². The van der Waals surface area contributed by atoms with Crippen LogP contribution in [0.2, 0.25) is 0 Å². The Morgan fingerprint density at radius 1 is 1.07 bits per heavy atom. The lowest BCUT2D eigenvalue weighted by molar-refractivity contribution is -0.137. The van der Waals surface area contributed by atoms with Crippen molar-refractivity contribution in [3.63, 3.8) is 0 Å². The molecule has 0 radical (unpaired) electrons. The van der Waals surface area contributed by atoms with Gasteiger partial charge in [0, 0.05) is 6.07 Å². The molecule has 0 aromatic heterocycles. The molecule has 4 nitrogen and oxygen atoms in total. The second-order valence-corrected chi connectivity index (χ2v) is 8.05. The Hall–Kier alpha value is -2.88. The fourth-order valence-electron chi connectivity index (χ4n) is 2.70. The van der Waals surface area contributed by atoms with Gasteiger partial charge in [-0.15, -0.1) is 0 Å². The summed E-state index contributed by atoms with van der Waals surface area (Å²) in [6, 6.07) is 12.9. The van der Waals surface area contributed by atoms with Crippen molar-refractivity contribution < 1.29 is 19.1 Å². The molecule has 0 saturated heterocycles. The molecule has 0 fully saturated rings. The summed E-state index contributed by atoms with van der Waals surface area (Å²) < 4.78 is 11.0. The lowest BCUT2D eigenvalue weighted by Crippen LogP contribution is -2.14. The summed E-state index contributed by atoms with van der Waals surface area (Å²) in [6.07, 6.45) is 1.73. The average Bonchev–Trinajstić information content (AvgIpc) is 2.90. The van der Waals surface area contributed by atoms with Crippen molar-refractivity contribution in [1.82, 2.24) is 0 Å². The largest absolute Gasteiger partial charge is 0.452 e. The lowest BCUT2D eigenvalue weighted by atomic mass is 9.86. The van der Waals surface area contributed by atoms with Crippen LogP contribution in [0.15, 0.2) is 48.2 Å². The van der Waals surface area contributed by atoms with E-state index in [1.807, 2.05) is 12.1 Å². The van der Waals surface area contributed by atoms with Crippen molar-refractivity contribution in [3.05, 3.63) is 64.9 Å². The number of carbonyl (C=O) groups is 2. The number of carbonyl (C=O) groups excluding carboxylic acids is 2. The first-order valence-corrected chi connectivity index (χ1v) is 9.05. The molecule has 2 aromatic carbocycles. The number of hydrogen-bond acceptors (Lipinski definition) is 4. The van der Waals surface area contributed by atoms with E-state index in [-0.39, 0.29) is 28.8 Å². The van der Waals surface area contributed by atoms with Crippen LogP contribution in [0.5, 0.6) is 11.5 Å². The maximum absolute atomic E-state index is 12.6. The third-order valence-electron chi connectivity index (χ3n) is 4.41. The zero-order valence-electron chi connectivity index (χ0n) is 16.3. The third-order valence-corrected chi connectivity index (χ3v) is 4.41. The first-order valence-electron chi connectivity index (χ1n) is 9.05. The Labute approximate surface area is 159 Å². The van der Waals surface area contributed by atoms with Gasteiger partial charge in [0.1, 0.15) is 11.5 Å². The van der Waals surface area contributed by atoms with E-state index in [9.17, 15) is 9.59 Å². The number of hydrogen-bond donors (Lipinski definition) is 0. The van der Waals surface area contributed by atoms with Crippen molar-refractivity contribution in [2.24, 2.45) is 5.92 Å². The zero-order chi connectivity index (χ0) is 19.8. The summed E-state index contributed by atoms with van der Waals surface area (Å²) in [5.41, 5.74) is 2.66. The number of Topliss-reactive ketones (excluding diaryl/α,β-unsaturated/α-hetero) is 1. The van der Waals surface area contributed by atoms with Crippen LogP contribution in [0.1, 0.15) is 56.1 Å². The Morgan fingerprint density at radius 2 is 1.74 bits per heavy atom. The minimum atomic E-state index is -0.325. The molecular weight excluding hydrogens is 340 g/mol. The number of rotatable bonds is 3. The smallest absolute Gasteiger partial charge is 0.313 e. The third kappa shape index (κ3) is 4.11. The van der Waals surface area contributed by atoms with Crippen LogP contribution in [0.3, 0.4) is 0 Å². The molecule has 0 amide bonds. The Kier molecular flexibility index (Phi) is 4.92. The van der Waals surface area contributed by atoms with E-state index in [0.29, 0.717) is 17.1 Å². The van der Waals surface area contributed by atoms with Crippen LogP contribution < -0.4 is 9.47 Å². The first-order chi connectivity index (χ1) is 12.6. The topological polar surface area (TPSA) is 52.6 Å². The van der Waals surface area contributed by atoms with Crippen LogP contribution in [0, 0.1) is 5.92 Å². The van der Waals surface area contributed by atoms with Crippen LogP contribution >= 0.6 is 0 Å². The number of ketones is 1. The van der Waals surface area contributed by atoms with Crippen molar-refractivity contribution >= 4 is 17.8 Å². The molecule has 27 heavy (non-hydrogen) atoms. The van der Waals surface area contributed by atoms with E-state index >= 15 is 0 Å². The minimum Gasteiger partial charge on any atom is -0.452 e. The van der Waals surface area contributed by atoms with Crippen molar-refractivity contribution in [1.29, 1.82) is 0 Å². The van der Waals surface area contributed by atoms with Gasteiger partial charge in [-0.3, -0.25) is 9.59 Å². The van der Waals surface area contributed by atoms with Crippen LogP contribution in [-0.4, -0.2) is 11.8 Å². The predicted molar refractivity (Wildman–Crippen MR) is 105 cm³/mol. The minimum absolute atomic E-state index is 0.0748. The van der Waals surface area contributed by atoms with E-state index in [0.717, 1.165) is 5.56 Å². The molecule has 0 saturated carbocycles. The lowest BCUT2D eigenvalue weighted by Gasteiger charge is -2.18. The summed E-state index contributed by atoms with van der Waals surface area (Å²) >= 11 is 0. The van der Waals surface area contributed by atoms with Gasteiger partial charge < -0.3 is 9.47 Å². The Bertz CT molecular complexity index is 912. The first kappa shape index (κ1) is 18.9. The van der Waals surface area contributed by atoms with Gasteiger partial charge in [-0.05, 0) is 34.8 Å². The number of benzene rings is 2. The molecule has 0 spiro atoms. The van der Waals surface area contributed by atoms with Gasteiger partial charge in [0.25, 0.3) is 0 Å². The number of ether oxygens (including phenoxy) is 2. The second-order valence-electron chi connectivity index (χ2n) is 8.05. The standard InChI is InChI=1S/C23H24O4/c1-14(2)22(25)26-17-10-11-18-19(13-17)27-20(21(18)24)12-15-6-8-16(9-7-15)23(3,4)5/h6-14H,1-5H3/b20-12-. The molecule has 1 aliphatic heterocycles. The second kappa shape index (κ2) is 7.03. The van der Waals surface area contributed by atoms with Gasteiger partial charge >= 0.3 is 5.97 Å². The molecular formula is C23H24O4. The number of allylic oxidation sites excluding steroid dienone is 1. The molecule has 0 aliphatic carbocycles. The Morgan fingerprint density at radius 3 is 2.33 bits per heavy atom. The van der Waals surface area contributed by atoms with Gasteiger partial charge in [0.05, 0.1) is 11.5 Å². The summed E-state index contributed by atoms with van der Waals surface area (Å²) in [7, 11) is 0. The van der Waals surface area contributed by atoms with Crippen molar-refractivity contribution in [2.45, 2.75) is 40.0 Å². The van der Waals surface area contributed by atoms with Gasteiger partial charge in [0.2, 0.25) is 5.78 Å². The quantitative estimate of drug-likeness (QED) is 0.429. The van der Waals surface area contributed by atoms with E-state index in [1.54, 1.807) is 38.1 Å². The molecule has 0 atom stereocenters. The monoisotopic (exact) mass is 364 g/mol. The molecule has 0 N–H and O–H groups in total. The zero-order valence-corrected chi connectivity index (χ0v) is 16.3. The van der Waals surface area contributed by atoms with Gasteiger partial charge in [-0.25, -0.2) is 0 Å². The molecule has 0 unspecified atom stereocenters. The predicted octanol–water partition coefficient (Wildman–Crippen LogP) is 5.16. The van der Waals surface area contributed by atoms with E-state index in [4.69, 9.17) is 9.47 Å². The van der Waals surface area contributed by atoms with E-state index in [2.05, 4.69) is 32.9 Å². The van der Waals surface area contributed by atoms with Crippen LogP contribution in [0.4, 0.5) is 0 Å². The normalized spacial score (nSPS) is 15.0. The highest BCUT2D eigenvalue weighted by atomic mass is 16.5. The molecule has 140 valence electrons. The van der Waals surface area contributed by atoms with Crippen molar-refractivity contribution in [2.75, 3.05) is 0 Å². The number of fused-ring (bicyclic) bond motifs is 1. The molecule has 1 aliphatic rings. The van der Waals surface area contributed by atoms with E-state index in [1.165, 1.54) is 5.56 Å². The highest BCUT2D eigenvalue weighted by Crippen LogP contribution is 2.35. The Balaban J connectivity index is 1.82. The summed E-state index contributed by atoms with van der Waals surface area (Å²) in [5, 5.41) is 0. The summed E-state index contributed by atoms with van der Waals surface area (Å²) in [5.74, 6) is 0.316. The van der Waals surface area contributed by atoms with Gasteiger partial charge in [-0.1, -0.05) is 58.9 Å². The maximum atomic E-state index is 12.6. The number of esters is 1. The highest BCUT2D eigenvalue weighted by Gasteiger charge is 2.28. The van der Waals surface area contributed by atoms with Crippen LogP contribution in [-0.2, 0) is 10.2 Å². The molecule has 2 aromatic rings. The van der Waals surface area contributed by atoms with E-state index < -0.39 is 0 Å². The fraction of sp³-hybridized carbons (Fsp3) is 0.304. The van der Waals surface area contributed by atoms with Gasteiger partial charge in [0.15, 0.2) is 5.76 Å². The van der Waals surface area contributed by atoms with Gasteiger partial charge in [-0.2, -0.15) is 0 Å². The average molecular weight is 364 g/mol. The molecule has 0 bridgehead atoms. The fourth-order valence-corrected chi connectivity index (χ4v) is 2.70. The SMILES string of the molecule is CC(C)C(=O)Oc1ccc2c(c1)O/C(=C\c1ccc(C(C)(C)C)cc1)C2=O. The highest BCUT2D eigenvalue weighted by molar-refractivity contribution is 6.14. The summed E-state index contributed by atoms with van der Waals surface area (Å²) in [4.78, 5) is 24.3. The maximum Gasteiger partial charge on any atom is 0.313 e. The van der Waals surface area contributed by atoms with Crippen molar-refractivity contribution in [3.8, 4) is 11.5 Å². The molecule has 1 heterocycles. The molecule has 3 rings (SSSR count). The molecule has 4 heteroatoms.